The lowest BCUT2D eigenvalue weighted by Crippen LogP contribution is -2.52. The van der Waals surface area contributed by atoms with E-state index in [0.717, 1.165) is 46.7 Å². The monoisotopic (exact) mass is 775 g/mol. The van der Waals surface area contributed by atoms with Crippen molar-refractivity contribution in [2.75, 3.05) is 43.7 Å². The molecular formula is C45H53N3O7Si. The van der Waals surface area contributed by atoms with Crippen LogP contribution in [0.4, 0.5) is 11.4 Å². The Hall–Kier alpha value is -4.97. The third-order valence-electron chi connectivity index (χ3n) is 12.3. The second kappa shape index (κ2) is 16.2. The molecule has 2 saturated heterocycles. The largest absolute Gasteiger partial charge is 0.497 e. The van der Waals surface area contributed by atoms with Gasteiger partial charge in [0.15, 0.2) is 5.60 Å². The number of carbonyl (C=O) groups is 3. The molecule has 1 spiro atoms. The van der Waals surface area contributed by atoms with Crippen molar-refractivity contribution in [1.82, 2.24) is 4.90 Å². The van der Waals surface area contributed by atoms with Crippen molar-refractivity contribution in [2.24, 2.45) is 5.92 Å². The third kappa shape index (κ3) is 7.23. The Morgan fingerprint density at radius 2 is 1.61 bits per heavy atom. The molecule has 4 atom stereocenters. The first-order valence-corrected chi connectivity index (χ1v) is 22.7. The van der Waals surface area contributed by atoms with Gasteiger partial charge in [-0.3, -0.25) is 14.4 Å². The fourth-order valence-corrected chi connectivity index (χ4v) is 13.3. The van der Waals surface area contributed by atoms with Crippen LogP contribution in [0.3, 0.4) is 0 Å². The van der Waals surface area contributed by atoms with Crippen LogP contribution in [-0.2, 0) is 37.8 Å². The van der Waals surface area contributed by atoms with Crippen LogP contribution in [0.5, 0.6) is 11.5 Å². The van der Waals surface area contributed by atoms with Crippen LogP contribution >= 0.6 is 0 Å². The lowest BCUT2D eigenvalue weighted by molar-refractivity contribution is -0.150. The third-order valence-corrected chi connectivity index (χ3v) is 16.6. The number of amides is 3. The first-order valence-electron chi connectivity index (χ1n) is 19.7. The Kier molecular flexibility index (Phi) is 11.4. The highest BCUT2D eigenvalue weighted by atomic mass is 28.3. The van der Waals surface area contributed by atoms with Crippen molar-refractivity contribution >= 4 is 42.4 Å². The van der Waals surface area contributed by atoms with Crippen LogP contribution < -0.4 is 24.5 Å². The maximum atomic E-state index is 15.3. The summed E-state index contributed by atoms with van der Waals surface area (Å²) in [4.78, 5) is 47.7. The van der Waals surface area contributed by atoms with Gasteiger partial charge in [-0.1, -0.05) is 79.8 Å². The van der Waals surface area contributed by atoms with Gasteiger partial charge in [0, 0.05) is 43.2 Å². The summed E-state index contributed by atoms with van der Waals surface area (Å²) >= 11 is 0. The molecule has 1 N–H and O–H groups in total. The number of rotatable bonds is 13. The summed E-state index contributed by atoms with van der Waals surface area (Å²) in [5.74, 6) is 0.890. The maximum absolute atomic E-state index is 15.3. The quantitative estimate of drug-likeness (QED) is 0.157. The first kappa shape index (κ1) is 39.3. The van der Waals surface area contributed by atoms with Crippen molar-refractivity contribution in [2.45, 2.75) is 76.0 Å². The van der Waals surface area contributed by atoms with Crippen LogP contribution in [0.25, 0.3) is 0 Å². The zero-order chi connectivity index (χ0) is 39.6. The Bertz CT molecular complexity index is 2040. The fourth-order valence-electron chi connectivity index (χ4n) is 9.34. The molecule has 3 amide bonds. The molecule has 3 heterocycles. The molecule has 0 radical (unpaired) electrons. The molecule has 3 aliphatic heterocycles. The highest BCUT2D eigenvalue weighted by Gasteiger charge is 2.66. The van der Waals surface area contributed by atoms with Crippen molar-refractivity contribution in [3.8, 4) is 11.5 Å². The number of nitrogens with zero attached hydrogens (tertiary/aromatic N) is 3. The minimum absolute atomic E-state index is 0.0550. The number of hydrogen-bond donors (Lipinski definition) is 1. The number of benzene rings is 4. The van der Waals surface area contributed by atoms with E-state index in [0.29, 0.717) is 31.8 Å². The molecule has 0 aromatic heterocycles. The molecule has 0 saturated carbocycles. The van der Waals surface area contributed by atoms with E-state index < -0.39 is 19.8 Å². The SMILES string of the molecule is COc1ccc([Si](C)(C)[C@H]2[C@H](CC(=O)N(CCO)Cc3ccccc3)O[C@@]3(C(=O)N(Cc4ccc(N5CCCCC5=O)cc4)c4ccc(OC)cc43)[C@@H]2C)cc1. The van der Waals surface area contributed by atoms with Gasteiger partial charge < -0.3 is 34.0 Å². The van der Waals surface area contributed by atoms with E-state index >= 15 is 4.79 Å². The van der Waals surface area contributed by atoms with E-state index in [-0.39, 0.29) is 48.8 Å². The highest BCUT2D eigenvalue weighted by molar-refractivity contribution is 6.91. The van der Waals surface area contributed by atoms with E-state index in [9.17, 15) is 14.7 Å². The van der Waals surface area contributed by atoms with Crippen LogP contribution in [0, 0.1) is 5.92 Å². The Morgan fingerprint density at radius 3 is 2.27 bits per heavy atom. The standard InChI is InChI=1S/C45H53N3O7Si/c1-31-43(56(4,5)37-21-18-35(53-2)19-22-37)40(28-42(51)46(25-26-49)29-32-11-7-6-8-12-32)55-45(31)38-27-36(54-3)20-23-39(38)48(44(45)52)30-33-14-16-34(17-15-33)47-24-10-9-13-41(47)50/h6-8,11-12,14-23,27,31,40,43,49H,9-10,13,24-26,28-30H2,1-5H3/t31-,40+,43-,45+/m1/s1. The number of hydrogen-bond acceptors (Lipinski definition) is 7. The predicted octanol–water partition coefficient (Wildman–Crippen LogP) is 6.39. The van der Waals surface area contributed by atoms with E-state index in [2.05, 4.69) is 32.2 Å². The number of anilines is 2. The highest BCUT2D eigenvalue weighted by Crippen LogP contribution is 2.60. The Balaban J connectivity index is 1.27. The molecule has 0 unspecified atom stereocenters. The molecule has 11 heteroatoms. The van der Waals surface area contributed by atoms with Crippen molar-refractivity contribution in [3.05, 3.63) is 114 Å². The number of fused-ring (bicyclic) bond motifs is 2. The van der Waals surface area contributed by atoms with Crippen LogP contribution in [0.15, 0.2) is 97.1 Å². The van der Waals surface area contributed by atoms with E-state index in [1.807, 2.05) is 94.7 Å². The van der Waals surface area contributed by atoms with Crippen molar-refractivity contribution in [1.29, 1.82) is 0 Å². The van der Waals surface area contributed by atoms with E-state index in [4.69, 9.17) is 14.2 Å². The second-order valence-corrected chi connectivity index (χ2v) is 20.5. The average molecular weight is 776 g/mol. The summed E-state index contributed by atoms with van der Waals surface area (Å²) in [5, 5.41) is 11.2. The van der Waals surface area contributed by atoms with Gasteiger partial charge >= 0.3 is 0 Å². The van der Waals surface area contributed by atoms with Gasteiger partial charge in [0.25, 0.3) is 5.91 Å². The van der Waals surface area contributed by atoms with E-state index in [1.54, 1.807) is 19.1 Å². The number of carbonyl (C=O) groups excluding carboxylic acids is 3. The summed E-state index contributed by atoms with van der Waals surface area (Å²) in [6.45, 7) is 8.08. The molecule has 7 rings (SSSR count). The minimum Gasteiger partial charge on any atom is -0.497 e. The predicted molar refractivity (Wildman–Crippen MR) is 220 cm³/mol. The topological polar surface area (TPSA) is 109 Å². The average Bonchev–Trinajstić information content (AvgIpc) is 3.64. The number of aliphatic hydroxyl groups excluding tert-OH is 1. The number of aliphatic hydroxyl groups is 1. The molecule has 2 fully saturated rings. The fraction of sp³-hybridized carbons (Fsp3) is 0.400. The van der Waals surface area contributed by atoms with Crippen molar-refractivity contribution in [3.63, 3.8) is 0 Å². The smallest absolute Gasteiger partial charge is 0.264 e. The summed E-state index contributed by atoms with van der Waals surface area (Å²) in [6.07, 6.45) is 1.92. The molecular weight excluding hydrogens is 723 g/mol. The maximum Gasteiger partial charge on any atom is 0.264 e. The van der Waals surface area contributed by atoms with Gasteiger partial charge in [-0.15, -0.1) is 0 Å². The van der Waals surface area contributed by atoms with Gasteiger partial charge in [-0.25, -0.2) is 0 Å². The Morgan fingerprint density at radius 1 is 0.911 bits per heavy atom. The van der Waals surface area contributed by atoms with Gasteiger partial charge in [-0.2, -0.15) is 0 Å². The summed E-state index contributed by atoms with van der Waals surface area (Å²) < 4.78 is 18.5. The molecule has 3 aliphatic rings. The first-order chi connectivity index (χ1) is 27.0. The van der Waals surface area contributed by atoms with Gasteiger partial charge in [0.05, 0.1) is 53.7 Å². The Labute approximate surface area is 331 Å². The number of methoxy groups -OCH3 is 2. The van der Waals surface area contributed by atoms with Gasteiger partial charge in [0.1, 0.15) is 11.5 Å². The molecule has 294 valence electrons. The van der Waals surface area contributed by atoms with Crippen LogP contribution in [0.1, 0.15) is 49.3 Å². The van der Waals surface area contributed by atoms with Crippen molar-refractivity contribution < 1.29 is 33.7 Å². The normalized spacial score (nSPS) is 22.1. The summed E-state index contributed by atoms with van der Waals surface area (Å²) in [7, 11) is 0.735. The molecule has 0 bridgehead atoms. The molecule has 56 heavy (non-hydrogen) atoms. The number of ether oxygens (including phenoxy) is 3. The summed E-state index contributed by atoms with van der Waals surface area (Å²) in [5.41, 5.74) is 2.71. The zero-order valence-electron chi connectivity index (χ0n) is 33.1. The van der Waals surface area contributed by atoms with Crippen LogP contribution in [-0.4, -0.2) is 75.8 Å². The summed E-state index contributed by atoms with van der Waals surface area (Å²) in [6, 6.07) is 31.5. The molecule has 10 nitrogen and oxygen atoms in total. The lowest BCUT2D eigenvalue weighted by atomic mass is 9.82. The second-order valence-electron chi connectivity index (χ2n) is 15.8. The van der Waals surface area contributed by atoms with Gasteiger partial charge in [0.2, 0.25) is 11.8 Å². The molecule has 0 aliphatic carbocycles. The van der Waals surface area contributed by atoms with Gasteiger partial charge in [-0.05, 0) is 72.0 Å². The lowest BCUT2D eigenvalue weighted by Gasteiger charge is -2.37. The minimum atomic E-state index is -2.53. The van der Waals surface area contributed by atoms with E-state index in [1.165, 1.54) is 5.19 Å². The number of piperidine rings is 1. The zero-order valence-corrected chi connectivity index (χ0v) is 34.1. The van der Waals surface area contributed by atoms with Crippen LogP contribution in [0.2, 0.25) is 18.6 Å². The molecule has 4 aromatic carbocycles. The molecule has 4 aromatic rings.